The van der Waals surface area contributed by atoms with E-state index in [-0.39, 0.29) is 11.4 Å². The molecule has 27 heavy (non-hydrogen) atoms. The Hall–Kier alpha value is -2.79. The van der Waals surface area contributed by atoms with Gasteiger partial charge in [0.15, 0.2) is 0 Å². The Morgan fingerprint density at radius 2 is 1.48 bits per heavy atom. The number of sulfonamides is 1. The van der Waals surface area contributed by atoms with Crippen molar-refractivity contribution in [3.05, 3.63) is 90.0 Å². The van der Waals surface area contributed by atoms with Gasteiger partial charge in [-0.1, -0.05) is 54.6 Å². The topological polar surface area (TPSA) is 46.6 Å². The van der Waals surface area contributed by atoms with Crippen molar-refractivity contribution < 1.29 is 13.2 Å². The Morgan fingerprint density at radius 1 is 0.852 bits per heavy atom. The maximum atomic E-state index is 13.5. The molecule has 0 aliphatic heterocycles. The molecule has 0 aliphatic rings. The fraction of sp³-hybridized carbons (Fsp3) is 0.182. The second-order valence-electron chi connectivity index (χ2n) is 6.15. The lowest BCUT2D eigenvalue weighted by atomic mass is 10.1. The SMILES string of the molecule is CCOc1ccccc1N(Cc1ccccc1C)S(=O)(=O)c1ccccc1. The van der Waals surface area contributed by atoms with E-state index in [1.807, 2.05) is 50.2 Å². The molecule has 0 spiro atoms. The largest absolute Gasteiger partial charge is 0.492 e. The van der Waals surface area contributed by atoms with E-state index in [0.29, 0.717) is 18.0 Å². The first-order valence-electron chi connectivity index (χ1n) is 8.88. The van der Waals surface area contributed by atoms with E-state index < -0.39 is 10.0 Å². The minimum Gasteiger partial charge on any atom is -0.492 e. The summed E-state index contributed by atoms with van der Waals surface area (Å²) >= 11 is 0. The molecule has 140 valence electrons. The van der Waals surface area contributed by atoms with E-state index in [1.165, 1.54) is 4.31 Å². The standard InChI is InChI=1S/C22H23NO3S/c1-3-26-22-16-10-9-15-21(22)23(17-19-12-8-7-11-18(19)2)27(24,25)20-13-5-4-6-14-20/h4-16H,3,17H2,1-2H3. The normalized spacial score (nSPS) is 11.2. The number of benzene rings is 3. The second kappa shape index (κ2) is 8.27. The maximum absolute atomic E-state index is 13.5. The fourth-order valence-electron chi connectivity index (χ4n) is 2.90. The number of aryl methyl sites for hydroxylation is 1. The van der Waals surface area contributed by atoms with E-state index in [0.717, 1.165) is 11.1 Å². The van der Waals surface area contributed by atoms with Crippen LogP contribution >= 0.6 is 0 Å². The van der Waals surface area contributed by atoms with Crippen LogP contribution in [0, 0.1) is 6.92 Å². The van der Waals surface area contributed by atoms with E-state index in [9.17, 15) is 8.42 Å². The first kappa shape index (κ1) is 19.0. The van der Waals surface area contributed by atoms with E-state index in [1.54, 1.807) is 42.5 Å². The number of hydrogen-bond acceptors (Lipinski definition) is 3. The molecule has 3 rings (SSSR count). The minimum atomic E-state index is -3.76. The van der Waals surface area contributed by atoms with Crippen LogP contribution in [0.2, 0.25) is 0 Å². The summed E-state index contributed by atoms with van der Waals surface area (Å²) in [4.78, 5) is 0.255. The Balaban J connectivity index is 2.14. The molecule has 0 bridgehead atoms. The van der Waals surface area contributed by atoms with Crippen molar-refractivity contribution in [1.82, 2.24) is 0 Å². The number of para-hydroxylation sites is 2. The maximum Gasteiger partial charge on any atom is 0.264 e. The van der Waals surface area contributed by atoms with Gasteiger partial charge in [-0.25, -0.2) is 8.42 Å². The quantitative estimate of drug-likeness (QED) is 0.591. The summed E-state index contributed by atoms with van der Waals surface area (Å²) < 4.78 is 34.1. The fourth-order valence-corrected chi connectivity index (χ4v) is 4.38. The number of anilines is 1. The third-order valence-corrected chi connectivity index (χ3v) is 6.11. The predicted molar refractivity (Wildman–Crippen MR) is 109 cm³/mol. The molecule has 0 amide bonds. The van der Waals surface area contributed by atoms with Crippen LogP contribution in [0.25, 0.3) is 0 Å². The summed E-state index contributed by atoms with van der Waals surface area (Å²) in [6.07, 6.45) is 0. The van der Waals surface area contributed by atoms with Crippen molar-refractivity contribution in [1.29, 1.82) is 0 Å². The van der Waals surface area contributed by atoms with Crippen molar-refractivity contribution in [2.75, 3.05) is 10.9 Å². The molecule has 0 atom stereocenters. The molecule has 0 heterocycles. The van der Waals surface area contributed by atoms with Gasteiger partial charge in [-0.15, -0.1) is 0 Å². The molecule has 4 nitrogen and oxygen atoms in total. The van der Waals surface area contributed by atoms with E-state index in [2.05, 4.69) is 0 Å². The molecule has 0 aliphatic carbocycles. The van der Waals surface area contributed by atoms with E-state index in [4.69, 9.17) is 4.74 Å². The van der Waals surface area contributed by atoms with Crippen molar-refractivity contribution in [2.45, 2.75) is 25.3 Å². The third kappa shape index (κ3) is 4.14. The third-order valence-electron chi connectivity index (χ3n) is 4.34. The van der Waals surface area contributed by atoms with Crippen LogP contribution < -0.4 is 9.04 Å². The van der Waals surface area contributed by atoms with Crippen LogP contribution in [0.5, 0.6) is 5.75 Å². The monoisotopic (exact) mass is 381 g/mol. The van der Waals surface area contributed by atoms with Gasteiger partial charge in [0.25, 0.3) is 10.0 Å². The molecule has 0 fully saturated rings. The van der Waals surface area contributed by atoms with Crippen molar-refractivity contribution in [3.8, 4) is 5.75 Å². The average Bonchev–Trinajstić information content (AvgIpc) is 2.69. The van der Waals surface area contributed by atoms with Gasteiger partial charge in [0.2, 0.25) is 0 Å². The molecule has 0 radical (unpaired) electrons. The lowest BCUT2D eigenvalue weighted by Crippen LogP contribution is -2.31. The molecule has 0 saturated carbocycles. The van der Waals surface area contributed by atoms with Crippen molar-refractivity contribution in [3.63, 3.8) is 0 Å². The van der Waals surface area contributed by atoms with Crippen LogP contribution in [-0.2, 0) is 16.6 Å². The van der Waals surface area contributed by atoms with Gasteiger partial charge >= 0.3 is 0 Å². The average molecular weight is 381 g/mol. The zero-order valence-electron chi connectivity index (χ0n) is 15.5. The molecule has 0 N–H and O–H groups in total. The molecular weight excluding hydrogens is 358 g/mol. The number of ether oxygens (including phenoxy) is 1. The number of hydrogen-bond donors (Lipinski definition) is 0. The highest BCUT2D eigenvalue weighted by Gasteiger charge is 2.27. The van der Waals surface area contributed by atoms with Gasteiger partial charge in [-0.05, 0) is 49.2 Å². The first-order chi connectivity index (χ1) is 13.0. The Morgan fingerprint density at radius 3 is 2.19 bits per heavy atom. The minimum absolute atomic E-state index is 0.230. The Bertz CT molecular complexity index is 1000. The van der Waals surface area contributed by atoms with Gasteiger partial charge in [-0.3, -0.25) is 4.31 Å². The summed E-state index contributed by atoms with van der Waals surface area (Å²) in [6, 6.07) is 23.5. The van der Waals surface area contributed by atoms with Crippen LogP contribution in [0.3, 0.4) is 0 Å². The smallest absolute Gasteiger partial charge is 0.264 e. The van der Waals surface area contributed by atoms with Crippen LogP contribution in [-0.4, -0.2) is 15.0 Å². The predicted octanol–water partition coefficient (Wildman–Crippen LogP) is 4.79. The molecule has 0 unspecified atom stereocenters. The number of rotatable bonds is 7. The molecule has 5 heteroatoms. The summed E-state index contributed by atoms with van der Waals surface area (Å²) in [5, 5.41) is 0. The summed E-state index contributed by atoms with van der Waals surface area (Å²) in [5.74, 6) is 0.549. The Kier molecular flexibility index (Phi) is 5.81. The van der Waals surface area contributed by atoms with Crippen molar-refractivity contribution >= 4 is 15.7 Å². The van der Waals surface area contributed by atoms with Gasteiger partial charge in [0, 0.05) is 0 Å². The highest BCUT2D eigenvalue weighted by molar-refractivity contribution is 7.92. The molecular formula is C22H23NO3S. The summed E-state index contributed by atoms with van der Waals surface area (Å²) in [7, 11) is -3.76. The zero-order valence-corrected chi connectivity index (χ0v) is 16.3. The molecule has 3 aromatic rings. The number of nitrogens with zero attached hydrogens (tertiary/aromatic N) is 1. The highest BCUT2D eigenvalue weighted by Crippen LogP contribution is 2.34. The Labute approximate surface area is 161 Å². The van der Waals surface area contributed by atoms with Crippen LogP contribution in [0.15, 0.2) is 83.8 Å². The highest BCUT2D eigenvalue weighted by atomic mass is 32.2. The van der Waals surface area contributed by atoms with Gasteiger partial charge in [0.1, 0.15) is 5.75 Å². The summed E-state index contributed by atoms with van der Waals surface area (Å²) in [5.41, 5.74) is 2.52. The first-order valence-corrected chi connectivity index (χ1v) is 10.3. The molecule has 3 aromatic carbocycles. The summed E-state index contributed by atoms with van der Waals surface area (Å²) in [6.45, 7) is 4.56. The van der Waals surface area contributed by atoms with E-state index >= 15 is 0 Å². The van der Waals surface area contributed by atoms with Crippen LogP contribution in [0.1, 0.15) is 18.1 Å². The molecule has 0 saturated heterocycles. The molecule has 0 aromatic heterocycles. The van der Waals surface area contributed by atoms with Crippen molar-refractivity contribution in [2.24, 2.45) is 0 Å². The zero-order chi connectivity index (χ0) is 19.3. The lowest BCUT2D eigenvalue weighted by Gasteiger charge is -2.27. The van der Waals surface area contributed by atoms with Crippen LogP contribution in [0.4, 0.5) is 5.69 Å². The second-order valence-corrected chi connectivity index (χ2v) is 8.01. The van der Waals surface area contributed by atoms with Gasteiger partial charge in [0.05, 0.1) is 23.7 Å². The van der Waals surface area contributed by atoms with Gasteiger partial charge < -0.3 is 4.74 Å². The van der Waals surface area contributed by atoms with Gasteiger partial charge in [-0.2, -0.15) is 0 Å². The lowest BCUT2D eigenvalue weighted by molar-refractivity contribution is 0.341.